The molecule has 1 saturated heterocycles. The van der Waals surface area contributed by atoms with Gasteiger partial charge in [-0.15, -0.1) is 0 Å². The summed E-state index contributed by atoms with van der Waals surface area (Å²) >= 11 is 0. The molecule has 0 bridgehead atoms. The number of nitrogens with one attached hydrogen (secondary N) is 1. The molecule has 2 fully saturated rings. The Kier molecular flexibility index (Phi) is 8.41. The van der Waals surface area contributed by atoms with E-state index in [9.17, 15) is 4.79 Å². The number of benzene rings is 1. The molecule has 2 aliphatic rings. The van der Waals surface area contributed by atoms with Gasteiger partial charge in [-0.2, -0.15) is 0 Å². The van der Waals surface area contributed by atoms with Crippen LogP contribution in [0.1, 0.15) is 57.4 Å². The number of rotatable bonds is 8. The molecule has 1 amide bonds. The fraction of sp³-hybridized carbons (Fsp3) is 0.625. The van der Waals surface area contributed by atoms with Gasteiger partial charge in [0.1, 0.15) is 6.61 Å². The van der Waals surface area contributed by atoms with Crippen LogP contribution in [-0.4, -0.2) is 50.2 Å². The van der Waals surface area contributed by atoms with E-state index >= 15 is 0 Å². The molecule has 5 heteroatoms. The smallest absolute Gasteiger partial charge is 0.244 e. The first-order valence-electron chi connectivity index (χ1n) is 11.2. The van der Waals surface area contributed by atoms with Crippen LogP contribution in [0.5, 0.6) is 11.5 Å². The number of hydrogen-bond acceptors (Lipinski definition) is 4. The van der Waals surface area contributed by atoms with Gasteiger partial charge in [-0.25, -0.2) is 0 Å². The van der Waals surface area contributed by atoms with E-state index in [1.807, 2.05) is 24.3 Å². The van der Waals surface area contributed by atoms with Crippen molar-refractivity contribution in [2.24, 2.45) is 5.92 Å². The molecule has 5 nitrogen and oxygen atoms in total. The van der Waals surface area contributed by atoms with Crippen molar-refractivity contribution >= 4 is 12.0 Å². The van der Waals surface area contributed by atoms with E-state index < -0.39 is 0 Å². The van der Waals surface area contributed by atoms with Crippen LogP contribution in [0, 0.1) is 5.92 Å². The Morgan fingerprint density at radius 1 is 1.14 bits per heavy atom. The lowest BCUT2D eigenvalue weighted by molar-refractivity contribution is -0.117. The zero-order valence-corrected chi connectivity index (χ0v) is 18.0. The van der Waals surface area contributed by atoms with Crippen LogP contribution in [0.25, 0.3) is 6.08 Å². The molecule has 160 valence electrons. The number of carbonyl (C=O) groups is 1. The molecule has 0 spiro atoms. The van der Waals surface area contributed by atoms with Gasteiger partial charge >= 0.3 is 0 Å². The monoisotopic (exact) mass is 400 g/mol. The number of piperidine rings is 1. The predicted octanol–water partition coefficient (Wildman–Crippen LogP) is 4.27. The maximum absolute atomic E-state index is 12.2. The fourth-order valence-corrected chi connectivity index (χ4v) is 4.20. The molecule has 0 aromatic heterocycles. The number of nitrogens with zero attached hydrogens (tertiary/aromatic N) is 1. The normalized spacial score (nSPS) is 23.1. The molecule has 0 atom stereocenters. The SMILES string of the molecule is COc1cc(C=CC(=O)NC2CCC(C)CC2)ccc1OCCN1CCCCC1. The Bertz CT molecular complexity index is 675. The quantitative estimate of drug-likeness (QED) is 0.662. The molecular formula is C24H36N2O3. The van der Waals surface area contributed by atoms with Gasteiger partial charge in [0.05, 0.1) is 7.11 Å². The number of methoxy groups -OCH3 is 1. The number of hydrogen-bond donors (Lipinski definition) is 1. The first-order chi connectivity index (χ1) is 14.1. The maximum atomic E-state index is 12.2. The van der Waals surface area contributed by atoms with Gasteiger partial charge in [-0.05, 0) is 81.3 Å². The minimum atomic E-state index is -0.0228. The summed E-state index contributed by atoms with van der Waals surface area (Å²) in [6.07, 6.45) is 11.9. The van der Waals surface area contributed by atoms with Gasteiger partial charge in [0.2, 0.25) is 5.91 Å². The predicted molar refractivity (Wildman–Crippen MR) is 117 cm³/mol. The lowest BCUT2D eigenvalue weighted by Gasteiger charge is -2.26. The lowest BCUT2D eigenvalue weighted by atomic mass is 9.87. The first-order valence-corrected chi connectivity index (χ1v) is 11.2. The van der Waals surface area contributed by atoms with E-state index in [-0.39, 0.29) is 5.91 Å². The van der Waals surface area contributed by atoms with Crippen molar-refractivity contribution in [1.29, 1.82) is 0 Å². The van der Waals surface area contributed by atoms with Gasteiger partial charge in [0, 0.05) is 18.7 Å². The highest BCUT2D eigenvalue weighted by molar-refractivity contribution is 5.92. The Hall–Kier alpha value is -2.01. The minimum Gasteiger partial charge on any atom is -0.493 e. The number of amides is 1. The molecule has 1 saturated carbocycles. The van der Waals surface area contributed by atoms with Crippen LogP contribution in [-0.2, 0) is 4.79 Å². The van der Waals surface area contributed by atoms with Crippen molar-refractivity contribution in [3.05, 3.63) is 29.8 Å². The largest absolute Gasteiger partial charge is 0.493 e. The Balaban J connectivity index is 1.48. The van der Waals surface area contributed by atoms with E-state index in [1.165, 1.54) is 45.2 Å². The molecule has 0 radical (unpaired) electrons. The number of likely N-dealkylation sites (tertiary alicyclic amines) is 1. The first kappa shape index (κ1) is 21.7. The molecule has 29 heavy (non-hydrogen) atoms. The molecule has 1 aromatic rings. The molecule has 0 unspecified atom stereocenters. The van der Waals surface area contributed by atoms with E-state index in [0.717, 1.165) is 36.6 Å². The Morgan fingerprint density at radius 2 is 1.90 bits per heavy atom. The van der Waals surface area contributed by atoms with Crippen LogP contribution in [0.15, 0.2) is 24.3 Å². The lowest BCUT2D eigenvalue weighted by Crippen LogP contribution is -2.36. The molecule has 1 heterocycles. The van der Waals surface area contributed by atoms with Crippen molar-refractivity contribution in [3.63, 3.8) is 0 Å². The van der Waals surface area contributed by atoms with Gasteiger partial charge in [0.15, 0.2) is 11.5 Å². The standard InChI is InChI=1S/C24H36N2O3/c1-19-6-10-21(11-7-19)25-24(27)13-9-20-8-12-22(23(18-20)28-2)29-17-16-26-14-4-3-5-15-26/h8-9,12-13,18-19,21H,3-7,10-11,14-17H2,1-2H3,(H,25,27). The second-order valence-electron chi connectivity index (χ2n) is 8.46. The summed E-state index contributed by atoms with van der Waals surface area (Å²) < 4.78 is 11.4. The Morgan fingerprint density at radius 3 is 2.62 bits per heavy atom. The van der Waals surface area contributed by atoms with Gasteiger partial charge in [0.25, 0.3) is 0 Å². The number of ether oxygens (including phenoxy) is 2. The van der Waals surface area contributed by atoms with Crippen LogP contribution in [0.4, 0.5) is 0 Å². The summed E-state index contributed by atoms with van der Waals surface area (Å²) in [6, 6.07) is 6.12. The third-order valence-corrected chi connectivity index (χ3v) is 6.09. The van der Waals surface area contributed by atoms with E-state index in [4.69, 9.17) is 9.47 Å². The van der Waals surface area contributed by atoms with Gasteiger partial charge in [-0.1, -0.05) is 19.4 Å². The second kappa shape index (κ2) is 11.2. The summed E-state index contributed by atoms with van der Waals surface area (Å²) in [6.45, 7) is 6.24. The van der Waals surface area contributed by atoms with Crippen molar-refractivity contribution in [3.8, 4) is 11.5 Å². The van der Waals surface area contributed by atoms with E-state index in [0.29, 0.717) is 18.4 Å². The molecule has 1 aliphatic heterocycles. The summed E-state index contributed by atoms with van der Waals surface area (Å²) in [5.41, 5.74) is 0.928. The average Bonchev–Trinajstić information content (AvgIpc) is 2.75. The topological polar surface area (TPSA) is 50.8 Å². The highest BCUT2D eigenvalue weighted by Crippen LogP contribution is 2.29. The average molecular weight is 401 g/mol. The summed E-state index contributed by atoms with van der Waals surface area (Å²) in [7, 11) is 1.65. The summed E-state index contributed by atoms with van der Waals surface area (Å²) in [5, 5.41) is 3.12. The molecule has 1 N–H and O–H groups in total. The minimum absolute atomic E-state index is 0.0228. The van der Waals surface area contributed by atoms with Crippen LogP contribution >= 0.6 is 0 Å². The zero-order valence-electron chi connectivity index (χ0n) is 18.0. The van der Waals surface area contributed by atoms with Crippen molar-refractivity contribution in [1.82, 2.24) is 10.2 Å². The number of carbonyl (C=O) groups excluding carboxylic acids is 1. The van der Waals surface area contributed by atoms with E-state index in [1.54, 1.807) is 13.2 Å². The summed E-state index contributed by atoms with van der Waals surface area (Å²) in [5.74, 6) is 2.21. The van der Waals surface area contributed by atoms with Gasteiger partial charge < -0.3 is 14.8 Å². The van der Waals surface area contributed by atoms with E-state index in [2.05, 4.69) is 17.1 Å². The third kappa shape index (κ3) is 7.07. The molecular weight excluding hydrogens is 364 g/mol. The molecule has 1 aromatic carbocycles. The molecule has 3 rings (SSSR count). The zero-order chi connectivity index (χ0) is 20.5. The highest BCUT2D eigenvalue weighted by atomic mass is 16.5. The highest BCUT2D eigenvalue weighted by Gasteiger charge is 2.18. The Labute approximate surface area is 175 Å². The maximum Gasteiger partial charge on any atom is 0.244 e. The second-order valence-corrected chi connectivity index (χ2v) is 8.46. The van der Waals surface area contributed by atoms with Crippen LogP contribution in [0.3, 0.4) is 0 Å². The third-order valence-electron chi connectivity index (χ3n) is 6.09. The van der Waals surface area contributed by atoms with Crippen molar-refractivity contribution < 1.29 is 14.3 Å². The van der Waals surface area contributed by atoms with Crippen LogP contribution in [0.2, 0.25) is 0 Å². The van der Waals surface area contributed by atoms with Crippen molar-refractivity contribution in [2.45, 2.75) is 57.9 Å². The van der Waals surface area contributed by atoms with Crippen molar-refractivity contribution in [2.75, 3.05) is 33.4 Å². The fourth-order valence-electron chi connectivity index (χ4n) is 4.20. The summed E-state index contributed by atoms with van der Waals surface area (Å²) in [4.78, 5) is 14.7. The van der Waals surface area contributed by atoms with Gasteiger partial charge in [-0.3, -0.25) is 9.69 Å². The molecule has 1 aliphatic carbocycles. The van der Waals surface area contributed by atoms with Crippen LogP contribution < -0.4 is 14.8 Å².